The molecule has 3 heterocycles. The van der Waals surface area contributed by atoms with Crippen molar-refractivity contribution in [3.8, 4) is 0 Å². The standard InChI is InChI=1S/C20H22F2N6O/c1-2-9-23-20(29)25-19-12-24-17-7-8-18(26-28(17)19)27-10-3-4-16(27)14-11-13(21)5-6-15(14)22/h5-8,11-12,16H,2-4,9-10H2,1H3,(H2,23,25,29)/t16-/m1/s1. The molecule has 1 fully saturated rings. The van der Waals surface area contributed by atoms with Crippen LogP contribution in [0.5, 0.6) is 0 Å². The number of imidazole rings is 1. The maximum absolute atomic E-state index is 14.3. The Morgan fingerprint density at radius 2 is 2.14 bits per heavy atom. The number of anilines is 2. The smallest absolute Gasteiger partial charge is 0.320 e. The van der Waals surface area contributed by atoms with E-state index in [2.05, 4.69) is 20.7 Å². The number of carbonyl (C=O) groups excluding carboxylic acids is 1. The van der Waals surface area contributed by atoms with E-state index in [1.807, 2.05) is 11.8 Å². The van der Waals surface area contributed by atoms with Gasteiger partial charge in [0.15, 0.2) is 11.5 Å². The zero-order chi connectivity index (χ0) is 20.4. The molecule has 2 N–H and O–H groups in total. The average molecular weight is 400 g/mol. The van der Waals surface area contributed by atoms with Crippen LogP contribution in [0.2, 0.25) is 0 Å². The SMILES string of the molecule is CCCNC(=O)Nc1cnc2ccc(N3CCC[C@@H]3c3cc(F)ccc3F)nn12. The number of halogens is 2. The molecule has 1 aromatic carbocycles. The molecule has 4 rings (SSSR count). The third kappa shape index (κ3) is 3.85. The van der Waals surface area contributed by atoms with Crippen LogP contribution in [0, 0.1) is 11.6 Å². The molecule has 1 saturated heterocycles. The molecule has 7 nitrogen and oxygen atoms in total. The summed E-state index contributed by atoms with van der Waals surface area (Å²) in [5, 5.41) is 10.1. The van der Waals surface area contributed by atoms with E-state index in [0.717, 1.165) is 25.0 Å². The average Bonchev–Trinajstić information content (AvgIpc) is 3.35. The molecule has 29 heavy (non-hydrogen) atoms. The lowest BCUT2D eigenvalue weighted by atomic mass is 10.0. The van der Waals surface area contributed by atoms with Gasteiger partial charge in [0.1, 0.15) is 17.5 Å². The molecule has 9 heteroatoms. The minimum atomic E-state index is -0.462. The van der Waals surface area contributed by atoms with Gasteiger partial charge in [-0.25, -0.2) is 18.6 Å². The first-order valence-corrected chi connectivity index (χ1v) is 9.68. The van der Waals surface area contributed by atoms with Gasteiger partial charge in [-0.3, -0.25) is 5.32 Å². The van der Waals surface area contributed by atoms with Gasteiger partial charge in [0, 0.05) is 18.7 Å². The van der Waals surface area contributed by atoms with Gasteiger partial charge in [-0.15, -0.1) is 5.10 Å². The third-order valence-corrected chi connectivity index (χ3v) is 4.99. The van der Waals surface area contributed by atoms with Crippen molar-refractivity contribution in [3.05, 3.63) is 53.7 Å². The van der Waals surface area contributed by atoms with Gasteiger partial charge in [0.2, 0.25) is 0 Å². The molecule has 0 aliphatic carbocycles. The lowest BCUT2D eigenvalue weighted by molar-refractivity contribution is 0.252. The number of amides is 2. The Hall–Kier alpha value is -3.23. The number of hydrogen-bond donors (Lipinski definition) is 2. The van der Waals surface area contributed by atoms with Crippen LogP contribution in [0.4, 0.5) is 25.2 Å². The summed E-state index contributed by atoms with van der Waals surface area (Å²) in [7, 11) is 0. The highest BCUT2D eigenvalue weighted by Gasteiger charge is 2.30. The summed E-state index contributed by atoms with van der Waals surface area (Å²) in [6.07, 6.45) is 3.91. The van der Waals surface area contributed by atoms with E-state index in [-0.39, 0.29) is 12.1 Å². The topological polar surface area (TPSA) is 74.6 Å². The molecule has 0 saturated carbocycles. The fraction of sp³-hybridized carbons (Fsp3) is 0.350. The summed E-state index contributed by atoms with van der Waals surface area (Å²) in [5.74, 6) is 0.152. The lowest BCUT2D eigenvalue weighted by Crippen LogP contribution is -2.30. The Bertz CT molecular complexity index is 1040. The lowest BCUT2D eigenvalue weighted by Gasteiger charge is -2.26. The van der Waals surface area contributed by atoms with Crippen LogP contribution in [0.3, 0.4) is 0 Å². The number of aromatic nitrogens is 3. The molecule has 2 amide bonds. The molecule has 1 atom stereocenters. The van der Waals surface area contributed by atoms with Crippen LogP contribution in [0.15, 0.2) is 36.5 Å². The molecule has 1 aliphatic rings. The van der Waals surface area contributed by atoms with Crippen molar-refractivity contribution in [1.29, 1.82) is 0 Å². The van der Waals surface area contributed by atoms with Gasteiger partial charge >= 0.3 is 6.03 Å². The van der Waals surface area contributed by atoms with E-state index in [0.29, 0.717) is 42.4 Å². The number of benzene rings is 1. The zero-order valence-electron chi connectivity index (χ0n) is 16.0. The van der Waals surface area contributed by atoms with Crippen LogP contribution >= 0.6 is 0 Å². The first-order valence-electron chi connectivity index (χ1n) is 9.68. The highest BCUT2D eigenvalue weighted by atomic mass is 19.1. The van der Waals surface area contributed by atoms with Crippen LogP contribution in [-0.4, -0.2) is 33.7 Å². The van der Waals surface area contributed by atoms with E-state index < -0.39 is 11.6 Å². The second kappa shape index (κ2) is 8.02. The Kier molecular flexibility index (Phi) is 5.28. The first kappa shape index (κ1) is 19.1. The molecular formula is C20H22F2N6O. The van der Waals surface area contributed by atoms with Gasteiger partial charge in [0.25, 0.3) is 0 Å². The largest absolute Gasteiger partial charge is 0.348 e. The van der Waals surface area contributed by atoms with E-state index in [4.69, 9.17) is 0 Å². The summed E-state index contributed by atoms with van der Waals surface area (Å²) >= 11 is 0. The molecule has 152 valence electrons. The normalized spacial score (nSPS) is 16.4. The Morgan fingerprint density at radius 3 is 2.97 bits per heavy atom. The van der Waals surface area contributed by atoms with E-state index in [1.54, 1.807) is 12.1 Å². The van der Waals surface area contributed by atoms with Crippen LogP contribution in [-0.2, 0) is 0 Å². The maximum atomic E-state index is 14.3. The van der Waals surface area contributed by atoms with Crippen molar-refractivity contribution < 1.29 is 13.6 Å². The summed E-state index contributed by atoms with van der Waals surface area (Å²) in [6, 6.07) is 6.48. The minimum absolute atomic E-state index is 0.302. The molecule has 0 radical (unpaired) electrons. The molecule has 0 bridgehead atoms. The molecule has 0 unspecified atom stereocenters. The van der Waals surface area contributed by atoms with E-state index in [1.165, 1.54) is 16.8 Å². The van der Waals surface area contributed by atoms with E-state index >= 15 is 0 Å². The quantitative estimate of drug-likeness (QED) is 0.682. The summed E-state index contributed by atoms with van der Waals surface area (Å²) < 4.78 is 29.6. The minimum Gasteiger partial charge on any atom is -0.348 e. The molecule has 0 spiro atoms. The van der Waals surface area contributed by atoms with Gasteiger partial charge in [0.05, 0.1) is 12.2 Å². The number of carbonyl (C=O) groups is 1. The molecular weight excluding hydrogens is 378 g/mol. The van der Waals surface area contributed by atoms with Crippen molar-refractivity contribution in [1.82, 2.24) is 19.9 Å². The van der Waals surface area contributed by atoms with Crippen LogP contribution in [0.1, 0.15) is 37.8 Å². The van der Waals surface area contributed by atoms with Crippen molar-refractivity contribution in [2.75, 3.05) is 23.3 Å². The number of rotatable bonds is 5. The Morgan fingerprint density at radius 1 is 1.28 bits per heavy atom. The van der Waals surface area contributed by atoms with Crippen molar-refractivity contribution in [3.63, 3.8) is 0 Å². The summed E-state index contributed by atoms with van der Waals surface area (Å²) in [6.45, 7) is 3.21. The molecule has 1 aliphatic heterocycles. The fourth-order valence-corrected chi connectivity index (χ4v) is 3.64. The summed E-state index contributed by atoms with van der Waals surface area (Å²) in [5.41, 5.74) is 0.902. The van der Waals surface area contributed by atoms with Gasteiger partial charge in [-0.05, 0) is 49.6 Å². The second-order valence-electron chi connectivity index (χ2n) is 7.00. The predicted octanol–water partition coefficient (Wildman–Crippen LogP) is 3.88. The number of nitrogens with one attached hydrogen (secondary N) is 2. The Labute approximate surface area is 166 Å². The summed E-state index contributed by atoms with van der Waals surface area (Å²) in [4.78, 5) is 18.2. The van der Waals surface area contributed by atoms with Crippen LogP contribution < -0.4 is 15.5 Å². The number of hydrogen-bond acceptors (Lipinski definition) is 4. The highest BCUT2D eigenvalue weighted by Crippen LogP contribution is 2.36. The third-order valence-electron chi connectivity index (χ3n) is 4.99. The number of fused-ring (bicyclic) bond motifs is 1. The first-order chi connectivity index (χ1) is 14.1. The van der Waals surface area contributed by atoms with Crippen molar-refractivity contribution in [2.45, 2.75) is 32.2 Å². The van der Waals surface area contributed by atoms with E-state index in [9.17, 15) is 13.6 Å². The Balaban J connectivity index is 1.64. The van der Waals surface area contributed by atoms with Crippen LogP contribution in [0.25, 0.3) is 5.65 Å². The number of nitrogens with zero attached hydrogens (tertiary/aromatic N) is 4. The molecule has 3 aromatic rings. The van der Waals surface area contributed by atoms with Crippen molar-refractivity contribution in [2.24, 2.45) is 0 Å². The molecule has 2 aromatic heterocycles. The highest BCUT2D eigenvalue weighted by molar-refractivity contribution is 5.88. The predicted molar refractivity (Wildman–Crippen MR) is 106 cm³/mol. The monoisotopic (exact) mass is 400 g/mol. The van der Waals surface area contributed by atoms with Crippen molar-refractivity contribution >= 4 is 23.3 Å². The fourth-order valence-electron chi connectivity index (χ4n) is 3.64. The second-order valence-corrected chi connectivity index (χ2v) is 7.00. The van der Waals surface area contributed by atoms with Gasteiger partial charge in [-0.2, -0.15) is 4.52 Å². The van der Waals surface area contributed by atoms with Gasteiger partial charge in [-0.1, -0.05) is 6.92 Å². The van der Waals surface area contributed by atoms with Gasteiger partial charge < -0.3 is 10.2 Å². The maximum Gasteiger partial charge on any atom is 0.320 e. The zero-order valence-corrected chi connectivity index (χ0v) is 16.0. The number of urea groups is 1.